The zero-order valence-corrected chi connectivity index (χ0v) is 20.8. The molecule has 3 aromatic rings. The van der Waals surface area contributed by atoms with E-state index in [1.807, 2.05) is 0 Å². The number of carbonyl (C=O) groups is 3. The Morgan fingerprint density at radius 3 is 2.31 bits per heavy atom. The van der Waals surface area contributed by atoms with Gasteiger partial charge < -0.3 is 14.8 Å². The Morgan fingerprint density at radius 1 is 0.917 bits per heavy atom. The van der Waals surface area contributed by atoms with Crippen molar-refractivity contribution in [3.05, 3.63) is 87.9 Å². The molecule has 36 heavy (non-hydrogen) atoms. The predicted molar refractivity (Wildman–Crippen MR) is 139 cm³/mol. The van der Waals surface area contributed by atoms with Crippen LogP contribution in [0.25, 0.3) is 0 Å². The highest BCUT2D eigenvalue weighted by Gasteiger charge is 2.15. The van der Waals surface area contributed by atoms with Crippen LogP contribution in [0.5, 0.6) is 11.5 Å². The maximum Gasteiger partial charge on any atom is 0.343 e. The molecule has 0 aromatic heterocycles. The van der Waals surface area contributed by atoms with Gasteiger partial charge in [0, 0.05) is 0 Å². The van der Waals surface area contributed by atoms with Crippen molar-refractivity contribution in [1.82, 2.24) is 5.43 Å². The van der Waals surface area contributed by atoms with Gasteiger partial charge in [-0.2, -0.15) is 5.10 Å². The van der Waals surface area contributed by atoms with E-state index < -0.39 is 17.8 Å². The Balaban J connectivity index is 1.48. The van der Waals surface area contributed by atoms with Gasteiger partial charge >= 0.3 is 17.8 Å². The summed E-state index contributed by atoms with van der Waals surface area (Å²) in [6.07, 6.45) is 3.34. The van der Waals surface area contributed by atoms with Crippen LogP contribution in [0.2, 0.25) is 10.0 Å². The predicted octanol–water partition coefficient (Wildman–Crippen LogP) is 5.48. The van der Waals surface area contributed by atoms with Crippen LogP contribution in [0.3, 0.4) is 0 Å². The minimum Gasteiger partial charge on any atom is -0.494 e. The summed E-state index contributed by atoms with van der Waals surface area (Å²) in [5.41, 5.74) is 3.32. The number of carbonyl (C=O) groups excluding carboxylic acids is 3. The van der Waals surface area contributed by atoms with Crippen LogP contribution in [-0.2, 0) is 9.59 Å². The SMILES string of the molecule is CCCCOc1ccc(C(=O)Oc2ccc(/C=N/NC(=O)C(=O)Nc3cccc(Cl)c3Cl)cc2)cc1. The van der Waals surface area contributed by atoms with Crippen LogP contribution < -0.4 is 20.2 Å². The molecule has 2 N–H and O–H groups in total. The molecule has 186 valence electrons. The van der Waals surface area contributed by atoms with Crippen LogP contribution in [0.15, 0.2) is 71.8 Å². The number of ether oxygens (including phenoxy) is 2. The summed E-state index contributed by atoms with van der Waals surface area (Å²) in [6.45, 7) is 2.71. The first kappa shape index (κ1) is 26.7. The summed E-state index contributed by atoms with van der Waals surface area (Å²) in [6, 6.07) is 17.8. The Labute approximate surface area is 218 Å². The fourth-order valence-corrected chi connectivity index (χ4v) is 3.15. The lowest BCUT2D eigenvalue weighted by molar-refractivity contribution is -0.136. The lowest BCUT2D eigenvalue weighted by Crippen LogP contribution is -2.32. The average molecular weight is 528 g/mol. The summed E-state index contributed by atoms with van der Waals surface area (Å²) < 4.78 is 11.0. The van der Waals surface area contributed by atoms with Gasteiger partial charge in [0.2, 0.25) is 0 Å². The highest BCUT2D eigenvalue weighted by Crippen LogP contribution is 2.29. The zero-order chi connectivity index (χ0) is 25.9. The van der Waals surface area contributed by atoms with Crippen molar-refractivity contribution < 1.29 is 23.9 Å². The van der Waals surface area contributed by atoms with Crippen molar-refractivity contribution in [2.45, 2.75) is 19.8 Å². The molecule has 3 aromatic carbocycles. The van der Waals surface area contributed by atoms with E-state index in [4.69, 9.17) is 32.7 Å². The largest absolute Gasteiger partial charge is 0.494 e. The van der Waals surface area contributed by atoms with Crippen molar-refractivity contribution >= 4 is 52.9 Å². The third kappa shape index (κ3) is 7.83. The smallest absolute Gasteiger partial charge is 0.343 e. The van der Waals surface area contributed by atoms with Gasteiger partial charge in [0.25, 0.3) is 0 Å². The molecule has 3 rings (SSSR count). The van der Waals surface area contributed by atoms with E-state index in [0.717, 1.165) is 12.8 Å². The molecule has 0 radical (unpaired) electrons. The number of rotatable bonds is 9. The van der Waals surface area contributed by atoms with Gasteiger partial charge in [-0.05, 0) is 72.6 Å². The number of nitrogens with zero attached hydrogens (tertiary/aromatic N) is 1. The molecule has 0 atom stereocenters. The highest BCUT2D eigenvalue weighted by atomic mass is 35.5. The first-order valence-corrected chi connectivity index (χ1v) is 11.8. The monoisotopic (exact) mass is 527 g/mol. The van der Waals surface area contributed by atoms with Gasteiger partial charge in [0.15, 0.2) is 0 Å². The Morgan fingerprint density at radius 2 is 1.61 bits per heavy atom. The van der Waals surface area contributed by atoms with E-state index in [0.29, 0.717) is 29.2 Å². The summed E-state index contributed by atoms with van der Waals surface area (Å²) in [5.74, 6) is -1.42. The Hall–Kier alpha value is -3.88. The van der Waals surface area contributed by atoms with Crippen molar-refractivity contribution in [2.75, 3.05) is 11.9 Å². The van der Waals surface area contributed by atoms with Gasteiger partial charge in [-0.25, -0.2) is 10.2 Å². The fourth-order valence-electron chi connectivity index (χ4n) is 2.81. The summed E-state index contributed by atoms with van der Waals surface area (Å²) in [5, 5.41) is 6.48. The van der Waals surface area contributed by atoms with E-state index >= 15 is 0 Å². The first-order valence-electron chi connectivity index (χ1n) is 11.0. The molecule has 0 fully saturated rings. The molecule has 0 unspecified atom stereocenters. The molecular weight excluding hydrogens is 505 g/mol. The molecule has 0 saturated carbocycles. The number of hydrogen-bond acceptors (Lipinski definition) is 6. The standard InChI is InChI=1S/C26H23Cl2N3O5/c1-2-3-15-35-19-13-9-18(10-14-19)26(34)36-20-11-7-17(8-12-20)16-29-31-25(33)24(32)30-22-6-4-5-21(27)23(22)28/h4-14,16H,2-3,15H2,1H3,(H,30,32)(H,31,33)/b29-16+. The van der Waals surface area contributed by atoms with Gasteiger partial charge in [0.1, 0.15) is 11.5 Å². The maximum atomic E-state index is 12.4. The number of esters is 1. The number of hydrazone groups is 1. The number of amides is 2. The van der Waals surface area contributed by atoms with Crippen molar-refractivity contribution in [1.29, 1.82) is 0 Å². The summed E-state index contributed by atoms with van der Waals surface area (Å²) in [4.78, 5) is 36.3. The summed E-state index contributed by atoms with van der Waals surface area (Å²) in [7, 11) is 0. The molecule has 0 spiro atoms. The van der Waals surface area contributed by atoms with E-state index in [9.17, 15) is 14.4 Å². The molecule has 2 amide bonds. The average Bonchev–Trinajstić information content (AvgIpc) is 2.88. The molecule has 0 heterocycles. The number of anilines is 1. The van der Waals surface area contributed by atoms with Gasteiger partial charge in [-0.15, -0.1) is 0 Å². The first-order chi connectivity index (χ1) is 17.4. The zero-order valence-electron chi connectivity index (χ0n) is 19.3. The summed E-state index contributed by atoms with van der Waals surface area (Å²) >= 11 is 11.9. The molecule has 10 heteroatoms. The number of halogens is 2. The lowest BCUT2D eigenvalue weighted by atomic mass is 10.2. The van der Waals surface area contributed by atoms with Crippen molar-refractivity contribution in [3.63, 3.8) is 0 Å². The minimum atomic E-state index is -0.991. The van der Waals surface area contributed by atoms with Gasteiger partial charge in [-0.3, -0.25) is 9.59 Å². The maximum absolute atomic E-state index is 12.4. The van der Waals surface area contributed by atoms with Crippen molar-refractivity contribution in [3.8, 4) is 11.5 Å². The van der Waals surface area contributed by atoms with E-state index in [1.165, 1.54) is 12.3 Å². The second-order valence-corrected chi connectivity index (χ2v) is 8.22. The normalized spacial score (nSPS) is 10.6. The molecular formula is C26H23Cl2N3O5. The van der Waals surface area contributed by atoms with Crippen LogP contribution in [-0.4, -0.2) is 30.6 Å². The molecule has 0 aliphatic carbocycles. The van der Waals surface area contributed by atoms with Gasteiger partial charge in [0.05, 0.1) is 34.1 Å². The topological polar surface area (TPSA) is 106 Å². The van der Waals surface area contributed by atoms with Crippen LogP contribution in [0.1, 0.15) is 35.7 Å². The quantitative estimate of drug-likeness (QED) is 0.0956. The number of nitrogens with one attached hydrogen (secondary N) is 2. The van der Waals surface area contributed by atoms with Crippen LogP contribution in [0.4, 0.5) is 5.69 Å². The molecule has 0 aliphatic rings. The molecule has 0 bridgehead atoms. The molecule has 8 nitrogen and oxygen atoms in total. The fraction of sp³-hybridized carbons (Fsp3) is 0.154. The minimum absolute atomic E-state index is 0.123. The number of benzene rings is 3. The van der Waals surface area contributed by atoms with E-state index in [-0.39, 0.29) is 15.7 Å². The number of unbranched alkanes of at least 4 members (excludes halogenated alkanes) is 1. The van der Waals surface area contributed by atoms with Crippen LogP contribution >= 0.6 is 23.2 Å². The highest BCUT2D eigenvalue weighted by molar-refractivity contribution is 6.45. The lowest BCUT2D eigenvalue weighted by Gasteiger charge is -2.07. The number of hydrogen-bond donors (Lipinski definition) is 2. The third-order valence-corrected chi connectivity index (χ3v) is 5.55. The second kappa shape index (κ2) is 13.3. The Kier molecular flexibility index (Phi) is 9.85. The third-order valence-electron chi connectivity index (χ3n) is 4.73. The van der Waals surface area contributed by atoms with E-state index in [2.05, 4.69) is 22.8 Å². The second-order valence-electron chi connectivity index (χ2n) is 7.44. The van der Waals surface area contributed by atoms with Gasteiger partial charge in [-0.1, -0.05) is 42.6 Å². The molecule has 0 aliphatic heterocycles. The van der Waals surface area contributed by atoms with Crippen molar-refractivity contribution in [2.24, 2.45) is 5.10 Å². The van der Waals surface area contributed by atoms with Crippen LogP contribution in [0, 0.1) is 0 Å². The molecule has 0 saturated heterocycles. The Bertz CT molecular complexity index is 1250. The van der Waals surface area contributed by atoms with E-state index in [1.54, 1.807) is 60.7 Å².